The standard InChI is InChI=1S/C25H31ClN4/c1-5-30(6-2)16-10-11-17(3)27-24-22-18-12-7-8-14-20(18)28-25(22)29(4)21-15-9-13-19(26)23(21)24/h7-9,12-15,17,28H,5-6,10-11,16H2,1-4H3. The molecule has 2 aromatic carbocycles. The van der Waals surface area contributed by atoms with Crippen LogP contribution in [0.4, 0.5) is 0 Å². The molecule has 5 heteroatoms. The summed E-state index contributed by atoms with van der Waals surface area (Å²) in [5, 5.41) is 5.15. The monoisotopic (exact) mass is 422 g/mol. The molecule has 4 rings (SSSR count). The average molecular weight is 423 g/mol. The lowest BCUT2D eigenvalue weighted by atomic mass is 10.1. The summed E-state index contributed by atoms with van der Waals surface area (Å²) < 4.78 is 2.20. The van der Waals surface area contributed by atoms with Crippen LogP contribution < -0.4 is 5.36 Å². The molecule has 2 heterocycles. The third-order valence-electron chi connectivity index (χ3n) is 6.19. The van der Waals surface area contributed by atoms with Gasteiger partial charge in [-0.05, 0) is 57.6 Å². The molecule has 1 N–H and O–H groups in total. The number of pyridine rings is 1. The van der Waals surface area contributed by atoms with Gasteiger partial charge < -0.3 is 14.5 Å². The van der Waals surface area contributed by atoms with E-state index in [0.29, 0.717) is 0 Å². The molecule has 0 spiro atoms. The smallest absolute Gasteiger partial charge is 0.120 e. The lowest BCUT2D eigenvalue weighted by Crippen LogP contribution is -2.24. The zero-order valence-electron chi connectivity index (χ0n) is 18.4. The van der Waals surface area contributed by atoms with Gasteiger partial charge >= 0.3 is 0 Å². The van der Waals surface area contributed by atoms with Crippen molar-refractivity contribution in [2.45, 2.75) is 39.7 Å². The van der Waals surface area contributed by atoms with E-state index in [9.17, 15) is 0 Å². The zero-order chi connectivity index (χ0) is 21.3. The number of rotatable bonds is 7. The van der Waals surface area contributed by atoms with E-state index in [0.717, 1.165) is 70.3 Å². The Bertz CT molecular complexity index is 1250. The van der Waals surface area contributed by atoms with Gasteiger partial charge in [-0.2, -0.15) is 0 Å². The molecule has 4 nitrogen and oxygen atoms in total. The Kier molecular flexibility index (Phi) is 6.16. The highest BCUT2D eigenvalue weighted by Crippen LogP contribution is 2.28. The van der Waals surface area contributed by atoms with Crippen molar-refractivity contribution in [2.24, 2.45) is 12.0 Å². The number of aryl methyl sites for hydroxylation is 1. The highest BCUT2D eigenvalue weighted by atomic mass is 35.5. The van der Waals surface area contributed by atoms with Crippen LogP contribution in [0, 0.1) is 0 Å². The first-order valence-corrected chi connectivity index (χ1v) is 11.4. The van der Waals surface area contributed by atoms with Crippen molar-refractivity contribution in [2.75, 3.05) is 19.6 Å². The zero-order valence-corrected chi connectivity index (χ0v) is 19.1. The predicted octanol–water partition coefficient (Wildman–Crippen LogP) is 5.88. The number of para-hydroxylation sites is 1. The van der Waals surface area contributed by atoms with Crippen molar-refractivity contribution in [3.63, 3.8) is 0 Å². The average Bonchev–Trinajstić information content (AvgIpc) is 3.14. The van der Waals surface area contributed by atoms with E-state index in [4.69, 9.17) is 16.6 Å². The minimum Gasteiger partial charge on any atom is -0.341 e. The molecule has 0 saturated heterocycles. The molecule has 4 aromatic rings. The Balaban J connectivity index is 1.90. The maximum absolute atomic E-state index is 6.73. The van der Waals surface area contributed by atoms with Gasteiger partial charge in [0.05, 0.1) is 21.3 Å². The van der Waals surface area contributed by atoms with E-state index in [1.807, 2.05) is 12.1 Å². The fraction of sp³-hybridized carbons (Fsp3) is 0.400. The number of hydrogen-bond donors (Lipinski definition) is 1. The van der Waals surface area contributed by atoms with Crippen LogP contribution in [0.1, 0.15) is 33.6 Å². The van der Waals surface area contributed by atoms with E-state index in [1.54, 1.807) is 0 Å². The van der Waals surface area contributed by atoms with Crippen LogP contribution in [-0.4, -0.2) is 40.1 Å². The van der Waals surface area contributed by atoms with Gasteiger partial charge in [0.25, 0.3) is 0 Å². The fourth-order valence-electron chi connectivity index (χ4n) is 4.46. The summed E-state index contributed by atoms with van der Waals surface area (Å²) in [6.45, 7) is 10.0. The summed E-state index contributed by atoms with van der Waals surface area (Å²) in [7, 11) is 2.09. The van der Waals surface area contributed by atoms with Gasteiger partial charge in [-0.15, -0.1) is 0 Å². The number of benzene rings is 2. The van der Waals surface area contributed by atoms with Crippen LogP contribution >= 0.6 is 11.6 Å². The predicted molar refractivity (Wildman–Crippen MR) is 129 cm³/mol. The summed E-state index contributed by atoms with van der Waals surface area (Å²) >= 11 is 6.73. The molecular weight excluding hydrogens is 392 g/mol. The first-order chi connectivity index (χ1) is 14.5. The molecule has 0 amide bonds. The van der Waals surface area contributed by atoms with Crippen molar-refractivity contribution >= 4 is 44.4 Å². The van der Waals surface area contributed by atoms with Gasteiger partial charge in [-0.1, -0.05) is 49.7 Å². The minimum atomic E-state index is 0.226. The topological polar surface area (TPSA) is 36.3 Å². The normalized spacial score (nSPS) is 13.9. The van der Waals surface area contributed by atoms with Crippen molar-refractivity contribution < 1.29 is 0 Å². The number of H-pyrrole nitrogens is 1. The van der Waals surface area contributed by atoms with Gasteiger partial charge in [0.15, 0.2) is 0 Å². The highest BCUT2D eigenvalue weighted by Gasteiger charge is 2.15. The third kappa shape index (κ3) is 3.75. The molecule has 2 aromatic heterocycles. The van der Waals surface area contributed by atoms with Gasteiger partial charge in [-0.3, -0.25) is 4.99 Å². The van der Waals surface area contributed by atoms with Crippen molar-refractivity contribution in [3.05, 3.63) is 52.8 Å². The van der Waals surface area contributed by atoms with Crippen LogP contribution in [0.15, 0.2) is 47.5 Å². The molecule has 0 aliphatic rings. The number of aromatic amines is 1. The quantitative estimate of drug-likeness (QED) is 0.396. The second-order valence-corrected chi connectivity index (χ2v) is 8.49. The van der Waals surface area contributed by atoms with Crippen molar-refractivity contribution in [3.8, 4) is 0 Å². The largest absolute Gasteiger partial charge is 0.341 e. The molecule has 0 bridgehead atoms. The van der Waals surface area contributed by atoms with Gasteiger partial charge in [-0.25, -0.2) is 0 Å². The number of hydrogen-bond acceptors (Lipinski definition) is 2. The summed E-state index contributed by atoms with van der Waals surface area (Å²) in [6.07, 6.45) is 2.21. The Hall–Kier alpha value is -2.30. The van der Waals surface area contributed by atoms with Gasteiger partial charge in [0, 0.05) is 29.4 Å². The number of halogens is 1. The van der Waals surface area contributed by atoms with Crippen LogP contribution in [0.5, 0.6) is 0 Å². The Morgan fingerprint density at radius 1 is 1.07 bits per heavy atom. The molecule has 0 fully saturated rings. The van der Waals surface area contributed by atoms with Crippen LogP contribution in [0.3, 0.4) is 0 Å². The lowest BCUT2D eigenvalue weighted by Gasteiger charge is -2.18. The molecule has 0 saturated carbocycles. The van der Waals surface area contributed by atoms with Crippen LogP contribution in [0.25, 0.3) is 32.8 Å². The molecule has 30 heavy (non-hydrogen) atoms. The molecule has 158 valence electrons. The third-order valence-corrected chi connectivity index (χ3v) is 6.50. The van der Waals surface area contributed by atoms with Gasteiger partial charge in [0.2, 0.25) is 0 Å². The molecule has 0 aliphatic carbocycles. The van der Waals surface area contributed by atoms with E-state index < -0.39 is 0 Å². The summed E-state index contributed by atoms with van der Waals surface area (Å²) in [4.78, 5) is 11.3. The molecule has 1 unspecified atom stereocenters. The fourth-order valence-corrected chi connectivity index (χ4v) is 4.71. The second kappa shape index (κ2) is 8.83. The molecule has 1 atom stereocenters. The Morgan fingerprint density at radius 2 is 1.83 bits per heavy atom. The number of nitrogens with zero attached hydrogens (tertiary/aromatic N) is 3. The summed E-state index contributed by atoms with van der Waals surface area (Å²) in [6, 6.07) is 14.8. The van der Waals surface area contributed by atoms with E-state index in [2.05, 4.69) is 72.6 Å². The van der Waals surface area contributed by atoms with E-state index in [1.165, 1.54) is 5.39 Å². The molecule has 0 radical (unpaired) electrons. The van der Waals surface area contributed by atoms with E-state index in [-0.39, 0.29) is 6.04 Å². The first-order valence-electron chi connectivity index (χ1n) is 11.0. The SMILES string of the molecule is CCN(CC)CCCC(C)N=c1c2c(Cl)cccc2n(C)c2[nH]c3ccccc3c12. The summed E-state index contributed by atoms with van der Waals surface area (Å²) in [5.41, 5.74) is 3.30. The number of fused-ring (bicyclic) bond motifs is 4. The van der Waals surface area contributed by atoms with Crippen molar-refractivity contribution in [1.29, 1.82) is 0 Å². The molecule has 0 aliphatic heterocycles. The number of nitrogens with one attached hydrogen (secondary N) is 1. The first kappa shape index (κ1) is 21.0. The van der Waals surface area contributed by atoms with E-state index >= 15 is 0 Å². The highest BCUT2D eigenvalue weighted by molar-refractivity contribution is 6.35. The van der Waals surface area contributed by atoms with Crippen LogP contribution in [-0.2, 0) is 7.05 Å². The van der Waals surface area contributed by atoms with Crippen molar-refractivity contribution in [1.82, 2.24) is 14.5 Å². The number of aromatic nitrogens is 2. The van der Waals surface area contributed by atoms with Gasteiger partial charge in [0.1, 0.15) is 5.65 Å². The summed E-state index contributed by atoms with van der Waals surface area (Å²) in [5.74, 6) is 0. The Morgan fingerprint density at radius 3 is 2.60 bits per heavy atom. The second-order valence-electron chi connectivity index (χ2n) is 8.08. The maximum Gasteiger partial charge on any atom is 0.120 e. The molecular formula is C25H31ClN4. The van der Waals surface area contributed by atoms with Crippen LogP contribution in [0.2, 0.25) is 5.02 Å². The lowest BCUT2D eigenvalue weighted by molar-refractivity contribution is 0.294. The minimum absolute atomic E-state index is 0.226. The maximum atomic E-state index is 6.73. The Labute approximate surface area is 183 Å².